The molecule has 2 aromatic rings. The molecule has 0 aliphatic heterocycles. The van der Waals surface area contributed by atoms with Crippen molar-refractivity contribution >= 4 is 58.2 Å². The van der Waals surface area contributed by atoms with Gasteiger partial charge in [-0.3, -0.25) is 4.79 Å². The summed E-state index contributed by atoms with van der Waals surface area (Å²) >= 11 is 8.77. The lowest BCUT2D eigenvalue weighted by atomic mass is 10.1. The normalized spacial score (nSPS) is 10.3. The third kappa shape index (κ3) is 5.76. The Kier molecular flexibility index (Phi) is 7.50. The molecule has 0 bridgehead atoms. The number of thioether (sulfide) groups is 1. The average molecular weight is 414 g/mol. The van der Waals surface area contributed by atoms with Gasteiger partial charge in [-0.05, 0) is 30.3 Å². The maximum absolute atomic E-state index is 12.1. The number of thiophene rings is 1. The summed E-state index contributed by atoms with van der Waals surface area (Å²) in [7, 11) is 2.47. The van der Waals surface area contributed by atoms with E-state index in [-0.39, 0.29) is 22.8 Å². The zero-order valence-corrected chi connectivity index (χ0v) is 16.4. The fourth-order valence-corrected chi connectivity index (χ4v) is 4.07. The summed E-state index contributed by atoms with van der Waals surface area (Å²) in [6.45, 7) is 0. The zero-order chi connectivity index (χ0) is 19.1. The van der Waals surface area contributed by atoms with E-state index in [1.165, 1.54) is 55.5 Å². The van der Waals surface area contributed by atoms with Gasteiger partial charge in [-0.25, -0.2) is 9.59 Å². The Morgan fingerprint density at radius 2 is 1.69 bits per heavy atom. The molecule has 0 radical (unpaired) electrons. The van der Waals surface area contributed by atoms with E-state index in [1.54, 1.807) is 0 Å². The summed E-state index contributed by atoms with van der Waals surface area (Å²) in [6, 6.07) is 7.97. The lowest BCUT2D eigenvalue weighted by Gasteiger charge is -2.09. The first kappa shape index (κ1) is 20.3. The van der Waals surface area contributed by atoms with Crippen LogP contribution in [0.2, 0.25) is 4.34 Å². The van der Waals surface area contributed by atoms with Crippen molar-refractivity contribution in [1.29, 1.82) is 0 Å². The van der Waals surface area contributed by atoms with Crippen LogP contribution in [0.25, 0.3) is 0 Å². The Hall–Kier alpha value is -2.03. The third-order valence-corrected chi connectivity index (χ3v) is 5.56. The molecule has 2 rings (SSSR count). The van der Waals surface area contributed by atoms with E-state index in [0.29, 0.717) is 15.8 Å². The van der Waals surface area contributed by atoms with Gasteiger partial charge in [-0.1, -0.05) is 11.6 Å². The van der Waals surface area contributed by atoms with Crippen LogP contribution < -0.4 is 5.32 Å². The lowest BCUT2D eigenvalue weighted by Crippen LogP contribution is -2.16. The van der Waals surface area contributed by atoms with E-state index in [9.17, 15) is 14.4 Å². The molecule has 9 heteroatoms. The topological polar surface area (TPSA) is 81.7 Å². The van der Waals surface area contributed by atoms with Crippen molar-refractivity contribution in [2.75, 3.05) is 25.3 Å². The maximum atomic E-state index is 12.1. The fraction of sp³-hybridized carbons (Fsp3) is 0.235. The minimum Gasteiger partial charge on any atom is -0.465 e. The first-order valence-electron chi connectivity index (χ1n) is 7.36. The Morgan fingerprint density at radius 1 is 1.08 bits per heavy atom. The Labute approximate surface area is 163 Å². The van der Waals surface area contributed by atoms with Gasteiger partial charge in [0.05, 0.1) is 35.4 Å². The van der Waals surface area contributed by atoms with Gasteiger partial charge in [-0.2, -0.15) is 0 Å². The van der Waals surface area contributed by atoms with Gasteiger partial charge in [-0.15, -0.1) is 23.1 Å². The number of methoxy groups -OCH3 is 2. The highest BCUT2D eigenvalue weighted by Crippen LogP contribution is 2.25. The quantitative estimate of drug-likeness (QED) is 0.694. The van der Waals surface area contributed by atoms with Crippen molar-refractivity contribution in [3.05, 3.63) is 50.7 Å². The van der Waals surface area contributed by atoms with Crippen LogP contribution in [0, 0.1) is 0 Å². The van der Waals surface area contributed by atoms with Crippen molar-refractivity contribution in [1.82, 2.24) is 0 Å². The van der Waals surface area contributed by atoms with Crippen LogP contribution >= 0.6 is 34.7 Å². The van der Waals surface area contributed by atoms with Gasteiger partial charge in [0.1, 0.15) is 0 Å². The van der Waals surface area contributed by atoms with Crippen molar-refractivity contribution in [3.8, 4) is 0 Å². The lowest BCUT2D eigenvalue weighted by molar-refractivity contribution is -0.113. The smallest absolute Gasteiger partial charge is 0.337 e. The molecular formula is C17H16ClNO5S2. The first-order chi connectivity index (χ1) is 12.4. The first-order valence-corrected chi connectivity index (χ1v) is 9.71. The highest BCUT2D eigenvalue weighted by Gasteiger charge is 2.15. The van der Waals surface area contributed by atoms with E-state index in [1.807, 2.05) is 12.1 Å². The molecule has 1 amide bonds. The molecule has 1 N–H and O–H groups in total. The molecule has 6 nitrogen and oxygen atoms in total. The standard InChI is InChI=1S/C17H16ClNO5S2/c1-23-16(21)10-5-11(17(22)24-2)7-12(6-10)19-15(20)9-25-8-13-3-4-14(18)26-13/h3-7H,8-9H2,1-2H3,(H,19,20). The molecule has 0 spiro atoms. The number of carbonyl (C=O) groups is 3. The number of esters is 2. The van der Waals surface area contributed by atoms with Crippen LogP contribution in [0.1, 0.15) is 25.6 Å². The molecule has 0 unspecified atom stereocenters. The molecule has 1 heterocycles. The highest BCUT2D eigenvalue weighted by molar-refractivity contribution is 7.99. The van der Waals surface area contributed by atoms with Gasteiger partial charge in [0.2, 0.25) is 5.91 Å². The second-order valence-corrected chi connectivity index (χ2v) is 7.81. The highest BCUT2D eigenvalue weighted by atomic mass is 35.5. The number of amides is 1. The van der Waals surface area contributed by atoms with Crippen LogP contribution in [0.15, 0.2) is 30.3 Å². The Balaban J connectivity index is 2.03. The van der Waals surface area contributed by atoms with E-state index in [4.69, 9.17) is 11.6 Å². The number of anilines is 1. The number of carbonyl (C=O) groups excluding carboxylic acids is 3. The third-order valence-electron chi connectivity index (χ3n) is 3.17. The molecule has 0 atom stereocenters. The largest absolute Gasteiger partial charge is 0.465 e. The number of hydrogen-bond acceptors (Lipinski definition) is 7. The summed E-state index contributed by atoms with van der Waals surface area (Å²) in [4.78, 5) is 36.7. The molecule has 0 saturated carbocycles. The van der Waals surface area contributed by atoms with Crippen LogP contribution in [0.3, 0.4) is 0 Å². The van der Waals surface area contributed by atoms with Gasteiger partial charge in [0, 0.05) is 16.3 Å². The number of nitrogens with one attached hydrogen (secondary N) is 1. The van der Waals surface area contributed by atoms with Gasteiger partial charge < -0.3 is 14.8 Å². The van der Waals surface area contributed by atoms with Crippen molar-refractivity contribution in [2.24, 2.45) is 0 Å². The molecule has 1 aromatic carbocycles. The number of rotatable bonds is 7. The monoisotopic (exact) mass is 413 g/mol. The molecule has 0 aliphatic rings. The van der Waals surface area contributed by atoms with Crippen molar-refractivity contribution in [2.45, 2.75) is 5.75 Å². The summed E-state index contributed by atoms with van der Waals surface area (Å²) in [6.07, 6.45) is 0. The van der Waals surface area contributed by atoms with Gasteiger partial charge in [0.25, 0.3) is 0 Å². The molecule has 0 fully saturated rings. The average Bonchev–Trinajstić information content (AvgIpc) is 3.05. The minimum absolute atomic E-state index is 0.145. The summed E-state index contributed by atoms with van der Waals surface area (Å²) in [5.41, 5.74) is 0.608. The maximum Gasteiger partial charge on any atom is 0.337 e. The van der Waals surface area contributed by atoms with Crippen LogP contribution in [0.5, 0.6) is 0 Å². The van der Waals surface area contributed by atoms with E-state index >= 15 is 0 Å². The van der Waals surface area contributed by atoms with Gasteiger partial charge in [0.15, 0.2) is 0 Å². The van der Waals surface area contributed by atoms with Crippen LogP contribution in [-0.2, 0) is 20.0 Å². The van der Waals surface area contributed by atoms with E-state index < -0.39 is 11.9 Å². The molecule has 0 saturated heterocycles. The zero-order valence-electron chi connectivity index (χ0n) is 14.0. The summed E-state index contributed by atoms with van der Waals surface area (Å²) in [5.74, 6) is -0.604. The SMILES string of the molecule is COC(=O)c1cc(NC(=O)CSCc2ccc(Cl)s2)cc(C(=O)OC)c1. The second-order valence-electron chi connectivity index (χ2n) is 5.03. The molecular weight excluding hydrogens is 398 g/mol. The number of hydrogen-bond donors (Lipinski definition) is 1. The number of benzene rings is 1. The predicted molar refractivity (Wildman–Crippen MR) is 103 cm³/mol. The van der Waals surface area contributed by atoms with Crippen LogP contribution in [-0.4, -0.2) is 37.8 Å². The van der Waals surface area contributed by atoms with Crippen molar-refractivity contribution in [3.63, 3.8) is 0 Å². The molecule has 1 aromatic heterocycles. The van der Waals surface area contributed by atoms with E-state index in [0.717, 1.165) is 4.88 Å². The number of ether oxygens (including phenoxy) is 2. The van der Waals surface area contributed by atoms with E-state index in [2.05, 4.69) is 14.8 Å². The second kappa shape index (κ2) is 9.61. The molecule has 0 aliphatic carbocycles. The molecule has 26 heavy (non-hydrogen) atoms. The Morgan fingerprint density at radius 3 is 2.19 bits per heavy atom. The van der Waals surface area contributed by atoms with Gasteiger partial charge >= 0.3 is 11.9 Å². The Bertz CT molecular complexity index is 787. The van der Waals surface area contributed by atoms with Crippen LogP contribution in [0.4, 0.5) is 5.69 Å². The number of halogens is 1. The minimum atomic E-state index is -0.616. The predicted octanol–water partition coefficient (Wildman–Crippen LogP) is 3.85. The molecule has 138 valence electrons. The summed E-state index contributed by atoms with van der Waals surface area (Å²) < 4.78 is 10.0. The fourth-order valence-electron chi connectivity index (χ4n) is 2.04. The summed E-state index contributed by atoms with van der Waals surface area (Å²) in [5, 5.41) is 2.67. The van der Waals surface area contributed by atoms with Crippen molar-refractivity contribution < 1.29 is 23.9 Å².